The van der Waals surface area contributed by atoms with E-state index in [0.717, 1.165) is 33.5 Å². The molecule has 1 aromatic heterocycles. The normalized spacial score (nSPS) is 16.6. The molecule has 0 radical (unpaired) electrons. The number of halogens is 1. The number of aliphatic hydroxyl groups is 1. The van der Waals surface area contributed by atoms with E-state index in [1.807, 2.05) is 35.7 Å². The molecule has 0 spiro atoms. The van der Waals surface area contributed by atoms with Crippen molar-refractivity contribution in [1.82, 2.24) is 0 Å². The summed E-state index contributed by atoms with van der Waals surface area (Å²) >= 11 is 4.95. The van der Waals surface area contributed by atoms with E-state index in [1.54, 1.807) is 11.3 Å². The highest BCUT2D eigenvalue weighted by molar-refractivity contribution is 9.10. The second-order valence-electron chi connectivity index (χ2n) is 4.46. The van der Waals surface area contributed by atoms with E-state index in [0.29, 0.717) is 6.10 Å². The lowest BCUT2D eigenvalue weighted by Gasteiger charge is -2.11. The third kappa shape index (κ3) is 2.76. The van der Waals surface area contributed by atoms with Gasteiger partial charge in [-0.15, -0.1) is 11.3 Å². The summed E-state index contributed by atoms with van der Waals surface area (Å²) in [7, 11) is 0. The summed E-state index contributed by atoms with van der Waals surface area (Å²) in [5.74, 6) is 0.852. The second-order valence-corrected chi connectivity index (χ2v) is 6.32. The predicted octanol–water partition coefficient (Wildman–Crippen LogP) is 4.13. The van der Waals surface area contributed by atoms with Gasteiger partial charge in [-0.1, -0.05) is 12.1 Å². The van der Waals surface area contributed by atoms with Crippen molar-refractivity contribution in [2.45, 2.75) is 25.0 Å². The summed E-state index contributed by atoms with van der Waals surface area (Å²) < 4.78 is 6.75. The molecule has 1 aliphatic rings. The molecular weight excluding hydrogens is 312 g/mol. The van der Waals surface area contributed by atoms with Crippen LogP contribution < -0.4 is 4.74 Å². The minimum atomic E-state index is -0.580. The van der Waals surface area contributed by atoms with Crippen LogP contribution in [-0.4, -0.2) is 11.2 Å². The first-order chi connectivity index (χ1) is 8.72. The van der Waals surface area contributed by atoms with E-state index in [-0.39, 0.29) is 0 Å². The van der Waals surface area contributed by atoms with Crippen molar-refractivity contribution in [3.05, 3.63) is 50.6 Å². The number of thiophene rings is 1. The summed E-state index contributed by atoms with van der Waals surface area (Å²) in [5, 5.41) is 12.3. The number of benzene rings is 1. The van der Waals surface area contributed by atoms with Crippen molar-refractivity contribution >= 4 is 27.3 Å². The first kappa shape index (κ1) is 12.2. The van der Waals surface area contributed by atoms with Gasteiger partial charge in [0.05, 0.1) is 6.10 Å². The van der Waals surface area contributed by atoms with E-state index in [4.69, 9.17) is 4.74 Å². The van der Waals surface area contributed by atoms with Crippen molar-refractivity contribution in [3.8, 4) is 5.75 Å². The molecule has 1 saturated carbocycles. The highest BCUT2D eigenvalue weighted by Crippen LogP contribution is 2.33. The zero-order valence-corrected chi connectivity index (χ0v) is 12.1. The molecule has 1 unspecified atom stereocenters. The second kappa shape index (κ2) is 5.03. The highest BCUT2D eigenvalue weighted by Gasteiger charge is 2.23. The molecule has 94 valence electrons. The van der Waals surface area contributed by atoms with Gasteiger partial charge in [0.1, 0.15) is 11.9 Å². The van der Waals surface area contributed by atoms with Crippen LogP contribution in [0.1, 0.15) is 29.4 Å². The lowest BCUT2D eigenvalue weighted by atomic mass is 10.1. The average Bonchev–Trinajstić information content (AvgIpc) is 3.08. The topological polar surface area (TPSA) is 29.5 Å². The van der Waals surface area contributed by atoms with E-state index >= 15 is 0 Å². The van der Waals surface area contributed by atoms with Gasteiger partial charge in [0.15, 0.2) is 0 Å². The van der Waals surface area contributed by atoms with Crippen LogP contribution >= 0.6 is 27.3 Å². The molecule has 1 fully saturated rings. The van der Waals surface area contributed by atoms with Crippen molar-refractivity contribution in [3.63, 3.8) is 0 Å². The van der Waals surface area contributed by atoms with Crippen LogP contribution in [0.4, 0.5) is 0 Å². The van der Waals surface area contributed by atoms with Crippen LogP contribution in [0.5, 0.6) is 5.75 Å². The molecule has 1 aromatic carbocycles. The fourth-order valence-electron chi connectivity index (χ4n) is 1.77. The van der Waals surface area contributed by atoms with Gasteiger partial charge in [0, 0.05) is 14.7 Å². The Balaban J connectivity index is 1.81. The molecular formula is C14H13BrO2S. The SMILES string of the molecule is OC(c1cccc(OC2CC2)c1)c1cc(Br)cs1. The van der Waals surface area contributed by atoms with Gasteiger partial charge in [-0.05, 0) is 52.5 Å². The quantitative estimate of drug-likeness (QED) is 0.916. The minimum Gasteiger partial charge on any atom is -0.490 e. The summed E-state index contributed by atoms with van der Waals surface area (Å²) in [6, 6.07) is 9.68. The van der Waals surface area contributed by atoms with Crippen LogP contribution in [0.15, 0.2) is 40.2 Å². The summed E-state index contributed by atoms with van der Waals surface area (Å²) in [4.78, 5) is 0.936. The minimum absolute atomic E-state index is 0.383. The van der Waals surface area contributed by atoms with Crippen LogP contribution in [0.2, 0.25) is 0 Å². The summed E-state index contributed by atoms with van der Waals surface area (Å²) in [6.07, 6.45) is 2.09. The largest absolute Gasteiger partial charge is 0.490 e. The van der Waals surface area contributed by atoms with E-state index in [1.165, 1.54) is 0 Å². The van der Waals surface area contributed by atoms with Crippen LogP contribution in [0.3, 0.4) is 0 Å². The van der Waals surface area contributed by atoms with Gasteiger partial charge >= 0.3 is 0 Å². The zero-order valence-electron chi connectivity index (χ0n) is 9.67. The Hall–Kier alpha value is -0.840. The number of hydrogen-bond donors (Lipinski definition) is 1. The fraction of sp³-hybridized carbons (Fsp3) is 0.286. The van der Waals surface area contributed by atoms with E-state index < -0.39 is 6.10 Å². The zero-order chi connectivity index (χ0) is 12.5. The van der Waals surface area contributed by atoms with Crippen LogP contribution in [-0.2, 0) is 0 Å². The Morgan fingerprint density at radius 1 is 1.33 bits per heavy atom. The van der Waals surface area contributed by atoms with Crippen LogP contribution in [0, 0.1) is 0 Å². The molecule has 1 atom stereocenters. The molecule has 1 aliphatic carbocycles. The lowest BCUT2D eigenvalue weighted by molar-refractivity contribution is 0.223. The van der Waals surface area contributed by atoms with Gasteiger partial charge in [0.25, 0.3) is 0 Å². The Morgan fingerprint density at radius 3 is 2.83 bits per heavy atom. The molecule has 4 heteroatoms. The summed E-state index contributed by atoms with van der Waals surface area (Å²) in [5.41, 5.74) is 0.877. The molecule has 0 amide bonds. The standard InChI is InChI=1S/C14H13BrO2S/c15-10-7-13(18-8-10)14(16)9-2-1-3-12(6-9)17-11-4-5-11/h1-3,6-8,11,14,16H,4-5H2. The number of aliphatic hydroxyl groups excluding tert-OH is 1. The van der Waals surface area contributed by atoms with Gasteiger partial charge in [-0.3, -0.25) is 0 Å². The van der Waals surface area contributed by atoms with Crippen LogP contribution in [0.25, 0.3) is 0 Å². The molecule has 0 bridgehead atoms. The summed E-state index contributed by atoms with van der Waals surface area (Å²) in [6.45, 7) is 0. The molecule has 0 aliphatic heterocycles. The smallest absolute Gasteiger partial charge is 0.120 e. The molecule has 3 rings (SSSR count). The maximum atomic E-state index is 10.3. The molecule has 2 aromatic rings. The van der Waals surface area contributed by atoms with Gasteiger partial charge in [-0.25, -0.2) is 0 Å². The van der Waals surface area contributed by atoms with Gasteiger partial charge < -0.3 is 9.84 Å². The van der Waals surface area contributed by atoms with E-state index in [2.05, 4.69) is 15.9 Å². The Kier molecular flexibility index (Phi) is 3.41. The Labute approximate surface area is 118 Å². The highest BCUT2D eigenvalue weighted by atomic mass is 79.9. The predicted molar refractivity (Wildman–Crippen MR) is 76.2 cm³/mol. The molecule has 18 heavy (non-hydrogen) atoms. The van der Waals surface area contributed by atoms with Crippen molar-refractivity contribution in [2.24, 2.45) is 0 Å². The lowest BCUT2D eigenvalue weighted by Crippen LogP contribution is -2.00. The third-order valence-electron chi connectivity index (χ3n) is 2.86. The molecule has 1 N–H and O–H groups in total. The molecule has 0 saturated heterocycles. The first-order valence-corrected chi connectivity index (χ1v) is 7.58. The van der Waals surface area contributed by atoms with Gasteiger partial charge in [0.2, 0.25) is 0 Å². The number of ether oxygens (including phenoxy) is 1. The van der Waals surface area contributed by atoms with Crippen molar-refractivity contribution in [2.75, 3.05) is 0 Å². The average molecular weight is 325 g/mol. The maximum Gasteiger partial charge on any atom is 0.120 e. The molecule has 2 nitrogen and oxygen atoms in total. The van der Waals surface area contributed by atoms with Crippen molar-refractivity contribution in [1.29, 1.82) is 0 Å². The fourth-order valence-corrected chi connectivity index (χ4v) is 3.23. The monoisotopic (exact) mass is 324 g/mol. The van der Waals surface area contributed by atoms with Gasteiger partial charge in [-0.2, -0.15) is 0 Å². The van der Waals surface area contributed by atoms with E-state index in [9.17, 15) is 5.11 Å². The van der Waals surface area contributed by atoms with Crippen molar-refractivity contribution < 1.29 is 9.84 Å². The Morgan fingerprint density at radius 2 is 2.17 bits per heavy atom. The number of rotatable bonds is 4. The maximum absolute atomic E-state index is 10.3. The first-order valence-electron chi connectivity index (χ1n) is 5.91. The number of hydrogen-bond acceptors (Lipinski definition) is 3. The third-order valence-corrected chi connectivity index (χ3v) is 4.60. The Bertz CT molecular complexity index is 548. The molecule has 1 heterocycles.